The van der Waals surface area contributed by atoms with E-state index >= 15 is 0 Å². The number of alkyl carbamates (subject to hydrolysis) is 1. The van der Waals surface area contributed by atoms with E-state index in [4.69, 9.17) is 15.3 Å². The third kappa shape index (κ3) is 7.74. The summed E-state index contributed by atoms with van der Waals surface area (Å²) >= 11 is 3.94. The highest BCUT2D eigenvalue weighted by molar-refractivity contribution is 8.01. The fourth-order valence-electron chi connectivity index (χ4n) is 4.15. The van der Waals surface area contributed by atoms with Gasteiger partial charge in [0, 0.05) is 29.2 Å². The maximum atomic E-state index is 13.2. The minimum atomic E-state index is -1.21. The second kappa shape index (κ2) is 13.2. The Morgan fingerprint density at radius 2 is 2.12 bits per heavy atom. The Morgan fingerprint density at radius 3 is 2.76 bits per heavy atom. The Morgan fingerprint density at radius 1 is 1.34 bits per heavy atom. The molecule has 4 rings (SSSR count). The van der Waals surface area contributed by atoms with Gasteiger partial charge in [-0.3, -0.25) is 14.5 Å². The van der Waals surface area contributed by atoms with Crippen LogP contribution in [0.5, 0.6) is 0 Å². The first-order valence-corrected chi connectivity index (χ1v) is 15.9. The van der Waals surface area contributed by atoms with E-state index < -0.39 is 40.9 Å². The molecule has 41 heavy (non-hydrogen) atoms. The van der Waals surface area contributed by atoms with Gasteiger partial charge in [0.2, 0.25) is 0 Å². The van der Waals surface area contributed by atoms with Crippen LogP contribution in [0.4, 0.5) is 9.93 Å². The molecule has 2 unspecified atom stereocenters. The number of carboxylic acids is 1. The molecule has 1 saturated heterocycles. The van der Waals surface area contributed by atoms with Gasteiger partial charge in [-0.25, -0.2) is 14.6 Å². The van der Waals surface area contributed by atoms with Gasteiger partial charge in [0.1, 0.15) is 34.5 Å². The van der Waals surface area contributed by atoms with Gasteiger partial charge in [0.05, 0.1) is 0 Å². The van der Waals surface area contributed by atoms with E-state index in [0.717, 1.165) is 24.2 Å². The van der Waals surface area contributed by atoms with Gasteiger partial charge in [-0.05, 0) is 45.3 Å². The molecule has 1 aromatic heterocycles. The third-order valence-corrected chi connectivity index (χ3v) is 9.01. The highest BCUT2D eigenvalue weighted by atomic mass is 32.2. The monoisotopic (exact) mass is 624 g/mol. The van der Waals surface area contributed by atoms with Crippen LogP contribution in [0.25, 0.3) is 0 Å². The van der Waals surface area contributed by atoms with E-state index in [9.17, 15) is 24.3 Å². The standard InChI is InChI=1S/C25H32N6O7S3/c1-25(2,3)37-24(36)27-8-9-39-10-13-11-40-21-17(20(33)31(21)18(13)22(34)35)29-19(32)16(15-12-41-23(26)28-15)30-38-14-6-4-5-7-14/h4,6,12,14,17,21H,5,7-11H2,1-3H3,(H2,26,28)(H,27,36)(H,29,32)(H,34,35)/t14?,17?,21-/m0/s1. The average molecular weight is 625 g/mol. The number of aromatic nitrogens is 1. The number of hydrogen-bond donors (Lipinski definition) is 4. The van der Waals surface area contributed by atoms with E-state index in [1.807, 2.05) is 12.2 Å². The van der Waals surface area contributed by atoms with Crippen molar-refractivity contribution in [3.8, 4) is 0 Å². The summed E-state index contributed by atoms with van der Waals surface area (Å²) in [5.41, 5.74) is 5.77. The SMILES string of the molecule is CC(C)(C)OC(=O)NCCSCC1=C(C(=O)O)N2C(=O)C(NC(=O)C(=NOC3C=CCC3)c3csc(N)n3)[C@@H]2SC1. The molecule has 0 bridgehead atoms. The quantitative estimate of drug-likeness (QED) is 0.0930. The van der Waals surface area contributed by atoms with Crippen LogP contribution in [-0.4, -0.2) is 91.5 Å². The number of amides is 3. The van der Waals surface area contributed by atoms with Crippen molar-refractivity contribution in [1.29, 1.82) is 0 Å². The second-order valence-corrected chi connectivity index (χ2v) is 13.4. The van der Waals surface area contributed by atoms with Crippen molar-refractivity contribution in [2.45, 2.75) is 56.7 Å². The lowest BCUT2D eigenvalue weighted by Gasteiger charge is -2.49. The highest BCUT2D eigenvalue weighted by Gasteiger charge is 2.54. The Bertz CT molecular complexity index is 1290. The number of fused-ring (bicyclic) bond motifs is 1. The zero-order valence-electron chi connectivity index (χ0n) is 22.7. The lowest BCUT2D eigenvalue weighted by atomic mass is 10.0. The summed E-state index contributed by atoms with van der Waals surface area (Å²) in [6.45, 7) is 5.66. The molecular weight excluding hydrogens is 593 g/mol. The van der Waals surface area contributed by atoms with Crippen LogP contribution in [0, 0.1) is 0 Å². The van der Waals surface area contributed by atoms with Crippen LogP contribution in [0.15, 0.2) is 34.0 Å². The number of nitrogens with zero attached hydrogens (tertiary/aromatic N) is 3. The van der Waals surface area contributed by atoms with Crippen LogP contribution < -0.4 is 16.4 Å². The molecule has 1 aliphatic carbocycles. The number of anilines is 1. The molecule has 0 spiro atoms. The highest BCUT2D eigenvalue weighted by Crippen LogP contribution is 2.41. The second-order valence-electron chi connectivity index (χ2n) is 10.3. The molecule has 2 aliphatic heterocycles. The topological polar surface area (TPSA) is 186 Å². The molecule has 0 radical (unpaired) electrons. The summed E-state index contributed by atoms with van der Waals surface area (Å²) < 4.78 is 5.19. The number of hydrogen-bond acceptors (Lipinski definition) is 12. The number of rotatable bonds is 11. The molecule has 5 N–H and O–H groups in total. The van der Waals surface area contributed by atoms with E-state index in [1.165, 1.54) is 28.4 Å². The smallest absolute Gasteiger partial charge is 0.407 e. The predicted octanol–water partition coefficient (Wildman–Crippen LogP) is 2.16. The number of carboxylic acid groups (broad SMARTS) is 1. The molecular formula is C25H32N6O7S3. The van der Waals surface area contributed by atoms with Crippen LogP contribution >= 0.6 is 34.9 Å². The Balaban J connectivity index is 1.37. The number of allylic oxidation sites excluding steroid dienone is 1. The van der Waals surface area contributed by atoms with Crippen LogP contribution in [0.3, 0.4) is 0 Å². The number of oxime groups is 1. The fourth-order valence-corrected chi connectivity index (χ4v) is 7.05. The minimum Gasteiger partial charge on any atom is -0.477 e. The lowest BCUT2D eigenvalue weighted by molar-refractivity contribution is -0.150. The largest absolute Gasteiger partial charge is 0.477 e. The minimum absolute atomic E-state index is 0.0747. The third-order valence-electron chi connectivity index (χ3n) is 5.95. The number of β-lactam (4-membered cyclic amide) rings is 1. The first-order valence-electron chi connectivity index (χ1n) is 12.8. The number of nitrogens with one attached hydrogen (secondary N) is 2. The maximum Gasteiger partial charge on any atom is 0.407 e. The fraction of sp³-hybridized carbons (Fsp3) is 0.520. The van der Waals surface area contributed by atoms with E-state index in [1.54, 1.807) is 26.2 Å². The van der Waals surface area contributed by atoms with Crippen LogP contribution in [0.1, 0.15) is 39.3 Å². The van der Waals surface area contributed by atoms with Crippen LogP contribution in [0.2, 0.25) is 0 Å². The van der Waals surface area contributed by atoms with Crippen molar-refractivity contribution in [1.82, 2.24) is 20.5 Å². The van der Waals surface area contributed by atoms with Crippen molar-refractivity contribution < 1.29 is 33.9 Å². The number of thiazole rings is 1. The molecule has 13 nitrogen and oxygen atoms in total. The van der Waals surface area contributed by atoms with E-state index in [-0.39, 0.29) is 28.3 Å². The van der Waals surface area contributed by atoms with Crippen molar-refractivity contribution >= 4 is 69.6 Å². The zero-order valence-corrected chi connectivity index (χ0v) is 25.2. The van der Waals surface area contributed by atoms with Gasteiger partial charge in [0.25, 0.3) is 11.8 Å². The van der Waals surface area contributed by atoms with Crippen LogP contribution in [-0.2, 0) is 24.0 Å². The molecule has 3 aliphatic rings. The first kappa shape index (κ1) is 30.7. The van der Waals surface area contributed by atoms with Gasteiger partial charge in [-0.1, -0.05) is 11.2 Å². The number of aliphatic carboxylic acids is 1. The van der Waals surface area contributed by atoms with Crippen molar-refractivity contribution in [3.05, 3.63) is 34.5 Å². The summed E-state index contributed by atoms with van der Waals surface area (Å²) in [5.74, 6) is -1.15. The summed E-state index contributed by atoms with van der Waals surface area (Å²) in [4.78, 5) is 61.1. The Labute approximate surface area is 249 Å². The zero-order chi connectivity index (χ0) is 29.7. The van der Waals surface area contributed by atoms with Gasteiger partial charge in [-0.2, -0.15) is 11.8 Å². The molecule has 0 saturated carbocycles. The molecule has 222 valence electrons. The number of carbonyl (C=O) groups excluding carboxylic acids is 3. The molecule has 0 aromatic carbocycles. The van der Waals surface area contributed by atoms with E-state index in [2.05, 4.69) is 20.8 Å². The van der Waals surface area contributed by atoms with Crippen molar-refractivity contribution in [3.63, 3.8) is 0 Å². The Kier molecular flexibility index (Phi) is 9.86. The summed E-state index contributed by atoms with van der Waals surface area (Å²) in [7, 11) is 0. The van der Waals surface area contributed by atoms with Gasteiger partial charge >= 0.3 is 12.1 Å². The number of ether oxygens (including phenoxy) is 1. The number of carbonyl (C=O) groups is 4. The summed E-state index contributed by atoms with van der Waals surface area (Å²) in [5, 5.41) is 20.5. The van der Waals surface area contributed by atoms with Gasteiger partial charge in [0.15, 0.2) is 10.8 Å². The normalized spacial score (nSPS) is 22.2. The first-order chi connectivity index (χ1) is 19.4. The number of thioether (sulfide) groups is 2. The molecule has 1 aromatic rings. The maximum absolute atomic E-state index is 13.2. The van der Waals surface area contributed by atoms with Crippen molar-refractivity contribution in [2.24, 2.45) is 5.16 Å². The van der Waals surface area contributed by atoms with Gasteiger partial charge < -0.3 is 31.0 Å². The number of nitrogen functional groups attached to an aromatic ring is 1. The van der Waals surface area contributed by atoms with Gasteiger partial charge in [-0.15, -0.1) is 23.1 Å². The molecule has 1 fully saturated rings. The Hall–Kier alpha value is -3.24. The van der Waals surface area contributed by atoms with Crippen molar-refractivity contribution in [2.75, 3.05) is 29.5 Å². The summed E-state index contributed by atoms with van der Waals surface area (Å²) in [6, 6.07) is -0.943. The van der Waals surface area contributed by atoms with E-state index in [0.29, 0.717) is 29.4 Å². The molecule has 3 atom stereocenters. The molecule has 3 heterocycles. The predicted molar refractivity (Wildman–Crippen MR) is 158 cm³/mol. The molecule has 3 amide bonds. The molecule has 16 heteroatoms. The number of nitrogens with two attached hydrogens (primary N) is 1. The average Bonchev–Trinajstić information content (AvgIpc) is 3.57. The summed E-state index contributed by atoms with van der Waals surface area (Å²) in [6.07, 6.45) is 4.61. The lowest BCUT2D eigenvalue weighted by Crippen LogP contribution is -2.71.